The molecule has 2 aromatic heterocycles. The summed E-state index contributed by atoms with van der Waals surface area (Å²) in [7, 11) is 1.80. The summed E-state index contributed by atoms with van der Waals surface area (Å²) in [6.07, 6.45) is 3.31. The first-order chi connectivity index (χ1) is 11.3. The van der Waals surface area contributed by atoms with E-state index < -0.39 is 0 Å². The van der Waals surface area contributed by atoms with E-state index in [1.807, 2.05) is 11.3 Å². The lowest BCUT2D eigenvalue weighted by Gasteiger charge is -2.15. The molecular formula is C16H24N6S. The van der Waals surface area contributed by atoms with Crippen molar-refractivity contribution in [1.82, 2.24) is 25.4 Å². The van der Waals surface area contributed by atoms with Crippen LogP contribution < -0.4 is 10.6 Å². The van der Waals surface area contributed by atoms with Gasteiger partial charge in [-0.05, 0) is 30.2 Å². The summed E-state index contributed by atoms with van der Waals surface area (Å²) in [5.41, 5.74) is 0. The van der Waals surface area contributed by atoms with Gasteiger partial charge in [-0.1, -0.05) is 13.0 Å². The van der Waals surface area contributed by atoms with E-state index in [4.69, 9.17) is 0 Å². The van der Waals surface area contributed by atoms with Gasteiger partial charge in [0.2, 0.25) is 0 Å². The fourth-order valence-electron chi connectivity index (χ4n) is 2.84. The first-order valence-corrected chi connectivity index (χ1v) is 9.02. The molecule has 0 saturated heterocycles. The summed E-state index contributed by atoms with van der Waals surface area (Å²) in [5.74, 6) is 3.48. The van der Waals surface area contributed by atoms with Crippen LogP contribution in [0.25, 0.3) is 0 Å². The highest BCUT2D eigenvalue weighted by Gasteiger charge is 2.17. The van der Waals surface area contributed by atoms with Crippen molar-refractivity contribution in [3.8, 4) is 0 Å². The minimum Gasteiger partial charge on any atom is -0.356 e. The van der Waals surface area contributed by atoms with E-state index in [0.717, 1.165) is 43.5 Å². The van der Waals surface area contributed by atoms with Crippen LogP contribution in [0.1, 0.15) is 29.9 Å². The molecule has 1 aliphatic heterocycles. The number of guanidine groups is 1. The van der Waals surface area contributed by atoms with Crippen molar-refractivity contribution in [3.05, 3.63) is 34.0 Å². The number of aromatic nitrogens is 3. The summed E-state index contributed by atoms with van der Waals surface area (Å²) in [6, 6.07) is 4.30. The normalized spacial score (nSPS) is 15.5. The molecule has 2 N–H and O–H groups in total. The van der Waals surface area contributed by atoms with Crippen LogP contribution in [-0.2, 0) is 25.9 Å². The zero-order valence-electron chi connectivity index (χ0n) is 13.7. The van der Waals surface area contributed by atoms with Crippen molar-refractivity contribution < 1.29 is 0 Å². The van der Waals surface area contributed by atoms with Crippen molar-refractivity contribution in [3.63, 3.8) is 0 Å². The second kappa shape index (κ2) is 7.59. The minimum absolute atomic E-state index is 0.560. The molecule has 23 heavy (non-hydrogen) atoms. The molecule has 1 atom stereocenters. The van der Waals surface area contributed by atoms with Crippen molar-refractivity contribution in [2.75, 3.05) is 13.6 Å². The maximum atomic E-state index is 4.29. The Bertz CT molecular complexity index is 646. The molecule has 6 nitrogen and oxygen atoms in total. The van der Waals surface area contributed by atoms with E-state index in [1.54, 1.807) is 7.05 Å². The summed E-state index contributed by atoms with van der Waals surface area (Å²) in [5, 5.41) is 17.4. The van der Waals surface area contributed by atoms with Gasteiger partial charge in [-0.3, -0.25) is 4.99 Å². The molecular weight excluding hydrogens is 308 g/mol. The second-order valence-electron chi connectivity index (χ2n) is 5.98. The number of thiophene rings is 1. The molecule has 124 valence electrons. The van der Waals surface area contributed by atoms with Crippen LogP contribution in [0.2, 0.25) is 0 Å². The van der Waals surface area contributed by atoms with E-state index in [9.17, 15) is 0 Å². The number of hydrogen-bond acceptors (Lipinski definition) is 4. The first kappa shape index (κ1) is 16.0. The molecule has 0 spiro atoms. The third-order valence-corrected chi connectivity index (χ3v) is 4.97. The molecule has 3 rings (SSSR count). The molecule has 0 bridgehead atoms. The number of nitrogens with one attached hydrogen (secondary N) is 2. The smallest absolute Gasteiger partial charge is 0.191 e. The first-order valence-electron chi connectivity index (χ1n) is 8.14. The molecule has 7 heteroatoms. The maximum Gasteiger partial charge on any atom is 0.191 e. The Morgan fingerprint density at radius 3 is 3.13 bits per heavy atom. The molecule has 2 aromatic rings. The van der Waals surface area contributed by atoms with Crippen LogP contribution in [0, 0.1) is 5.92 Å². The van der Waals surface area contributed by atoms with Gasteiger partial charge in [0.15, 0.2) is 11.8 Å². The van der Waals surface area contributed by atoms with E-state index in [1.165, 1.54) is 11.3 Å². The largest absolute Gasteiger partial charge is 0.356 e. The quantitative estimate of drug-likeness (QED) is 0.626. The standard InChI is InChI=1S/C16H24N6S/c1-12(9-13-5-4-8-23-13)10-18-16(17-2)19-11-15-21-20-14-6-3-7-22(14)15/h4-5,8,12H,3,6-7,9-11H2,1-2H3,(H2,17,18,19). The number of aryl methyl sites for hydroxylation is 1. The SMILES string of the molecule is CN=C(NCc1nnc2n1CCC2)NCC(C)Cc1cccs1. The Morgan fingerprint density at radius 2 is 2.35 bits per heavy atom. The predicted octanol–water partition coefficient (Wildman–Crippen LogP) is 1.83. The molecule has 1 aliphatic rings. The highest BCUT2D eigenvalue weighted by Crippen LogP contribution is 2.14. The van der Waals surface area contributed by atoms with Crippen LogP contribution in [0.5, 0.6) is 0 Å². The Kier molecular flexibility index (Phi) is 5.27. The summed E-state index contributed by atoms with van der Waals surface area (Å²) in [6.45, 7) is 4.84. The molecule has 0 saturated carbocycles. The molecule has 0 aromatic carbocycles. The van der Waals surface area contributed by atoms with Crippen molar-refractivity contribution in [2.24, 2.45) is 10.9 Å². The second-order valence-corrected chi connectivity index (χ2v) is 7.02. The van der Waals surface area contributed by atoms with Crippen LogP contribution in [0.4, 0.5) is 0 Å². The lowest BCUT2D eigenvalue weighted by atomic mass is 10.1. The van der Waals surface area contributed by atoms with Crippen molar-refractivity contribution >= 4 is 17.3 Å². The van der Waals surface area contributed by atoms with E-state index in [-0.39, 0.29) is 0 Å². The minimum atomic E-state index is 0.560. The third kappa shape index (κ3) is 4.10. The molecule has 0 amide bonds. The highest BCUT2D eigenvalue weighted by molar-refractivity contribution is 7.09. The van der Waals surface area contributed by atoms with Gasteiger partial charge in [0.1, 0.15) is 5.82 Å². The van der Waals surface area contributed by atoms with Gasteiger partial charge in [-0.25, -0.2) is 0 Å². The molecule has 0 radical (unpaired) electrons. The fourth-order valence-corrected chi connectivity index (χ4v) is 3.71. The van der Waals surface area contributed by atoms with Gasteiger partial charge in [-0.15, -0.1) is 21.5 Å². The van der Waals surface area contributed by atoms with Crippen molar-refractivity contribution in [2.45, 2.75) is 39.3 Å². The Hall–Kier alpha value is -1.89. The summed E-state index contributed by atoms with van der Waals surface area (Å²) < 4.78 is 2.21. The van der Waals surface area contributed by atoms with E-state index >= 15 is 0 Å². The number of fused-ring (bicyclic) bond motifs is 1. The number of aliphatic imine (C=N–C) groups is 1. The monoisotopic (exact) mass is 332 g/mol. The van der Waals surface area contributed by atoms with Gasteiger partial charge >= 0.3 is 0 Å². The van der Waals surface area contributed by atoms with Crippen LogP contribution in [0.3, 0.4) is 0 Å². The number of nitrogens with zero attached hydrogens (tertiary/aromatic N) is 4. The van der Waals surface area contributed by atoms with Gasteiger partial charge in [0.25, 0.3) is 0 Å². The average Bonchev–Trinajstić information content (AvgIpc) is 3.26. The number of rotatable bonds is 6. The number of hydrogen-bond donors (Lipinski definition) is 2. The van der Waals surface area contributed by atoms with Crippen LogP contribution in [0.15, 0.2) is 22.5 Å². The predicted molar refractivity (Wildman–Crippen MR) is 93.7 cm³/mol. The zero-order valence-corrected chi connectivity index (χ0v) is 14.6. The van der Waals surface area contributed by atoms with Gasteiger partial charge in [0.05, 0.1) is 6.54 Å². The lowest BCUT2D eigenvalue weighted by molar-refractivity contribution is 0.560. The van der Waals surface area contributed by atoms with Gasteiger partial charge in [-0.2, -0.15) is 0 Å². The molecule has 0 aliphatic carbocycles. The van der Waals surface area contributed by atoms with Crippen LogP contribution >= 0.6 is 11.3 Å². The highest BCUT2D eigenvalue weighted by atomic mass is 32.1. The summed E-state index contributed by atoms with van der Waals surface area (Å²) in [4.78, 5) is 5.72. The van der Waals surface area contributed by atoms with Crippen LogP contribution in [-0.4, -0.2) is 34.3 Å². The fraction of sp³-hybridized carbons (Fsp3) is 0.562. The lowest BCUT2D eigenvalue weighted by Crippen LogP contribution is -2.39. The van der Waals surface area contributed by atoms with Gasteiger partial charge in [0, 0.05) is 31.4 Å². The Morgan fingerprint density at radius 1 is 1.43 bits per heavy atom. The molecule has 0 fully saturated rings. The van der Waals surface area contributed by atoms with Crippen molar-refractivity contribution in [1.29, 1.82) is 0 Å². The van der Waals surface area contributed by atoms with E-state index in [2.05, 4.69) is 54.8 Å². The average molecular weight is 332 g/mol. The zero-order chi connectivity index (χ0) is 16.1. The summed E-state index contributed by atoms with van der Waals surface area (Å²) >= 11 is 1.82. The molecule has 3 heterocycles. The Labute approximate surface area is 141 Å². The maximum absolute atomic E-state index is 4.29. The van der Waals surface area contributed by atoms with Gasteiger partial charge < -0.3 is 15.2 Å². The molecule has 1 unspecified atom stereocenters. The third-order valence-electron chi connectivity index (χ3n) is 4.07. The van der Waals surface area contributed by atoms with E-state index in [0.29, 0.717) is 12.5 Å². The topological polar surface area (TPSA) is 67.1 Å². The Balaban J connectivity index is 1.44.